The van der Waals surface area contributed by atoms with Crippen molar-refractivity contribution in [1.82, 2.24) is 15.5 Å². The Morgan fingerprint density at radius 1 is 1.35 bits per heavy atom. The minimum absolute atomic E-state index is 0.236. The van der Waals surface area contributed by atoms with Crippen molar-refractivity contribution < 1.29 is 4.79 Å². The lowest BCUT2D eigenvalue weighted by molar-refractivity contribution is -0.125. The number of nitrogens with one attached hydrogen (secondary N) is 2. The predicted octanol–water partition coefficient (Wildman–Crippen LogP) is 0.337. The maximum atomic E-state index is 12.0. The standard InChI is InChI=1S/C13H23N3O/c1-16(10-3-4-10)7-6-14-13(17)11-8-9-2-5-12(11)15-9/h9-12,15H,2-8H2,1H3,(H,14,17). The Balaban J connectivity index is 1.38. The van der Waals surface area contributed by atoms with Crippen molar-refractivity contribution in [3.05, 3.63) is 0 Å². The first kappa shape index (κ1) is 11.5. The Hall–Kier alpha value is -0.610. The molecule has 2 bridgehead atoms. The zero-order chi connectivity index (χ0) is 11.8. The highest BCUT2D eigenvalue weighted by Gasteiger charge is 2.42. The van der Waals surface area contributed by atoms with Gasteiger partial charge in [0.05, 0.1) is 5.92 Å². The molecule has 2 N–H and O–H groups in total. The summed E-state index contributed by atoms with van der Waals surface area (Å²) >= 11 is 0. The first-order valence-corrected chi connectivity index (χ1v) is 6.98. The number of hydrogen-bond acceptors (Lipinski definition) is 3. The Kier molecular flexibility index (Phi) is 3.09. The van der Waals surface area contributed by atoms with Crippen molar-refractivity contribution in [3.63, 3.8) is 0 Å². The summed E-state index contributed by atoms with van der Waals surface area (Å²) in [6.45, 7) is 1.80. The Morgan fingerprint density at radius 2 is 2.18 bits per heavy atom. The van der Waals surface area contributed by atoms with E-state index in [0.29, 0.717) is 12.1 Å². The molecule has 1 aliphatic carbocycles. The molecule has 96 valence electrons. The van der Waals surface area contributed by atoms with Crippen LogP contribution in [0.1, 0.15) is 32.1 Å². The van der Waals surface area contributed by atoms with Gasteiger partial charge in [0.25, 0.3) is 0 Å². The molecular weight excluding hydrogens is 214 g/mol. The fourth-order valence-electron chi connectivity index (χ4n) is 3.30. The predicted molar refractivity (Wildman–Crippen MR) is 66.7 cm³/mol. The molecule has 3 atom stereocenters. The number of hydrogen-bond donors (Lipinski definition) is 2. The largest absolute Gasteiger partial charge is 0.355 e. The van der Waals surface area contributed by atoms with Crippen LogP contribution in [-0.2, 0) is 4.79 Å². The number of likely N-dealkylation sites (N-methyl/N-ethyl adjacent to an activating group) is 1. The highest BCUT2D eigenvalue weighted by atomic mass is 16.1. The van der Waals surface area contributed by atoms with E-state index < -0.39 is 0 Å². The minimum atomic E-state index is 0.236. The topological polar surface area (TPSA) is 44.4 Å². The maximum Gasteiger partial charge on any atom is 0.224 e. The molecule has 3 aliphatic rings. The second kappa shape index (κ2) is 4.58. The summed E-state index contributed by atoms with van der Waals surface area (Å²) in [5, 5.41) is 6.62. The third kappa shape index (κ3) is 2.47. The molecule has 0 radical (unpaired) electrons. The molecule has 0 aromatic heterocycles. The van der Waals surface area contributed by atoms with E-state index in [1.54, 1.807) is 0 Å². The second-order valence-electron chi connectivity index (χ2n) is 5.89. The van der Waals surface area contributed by atoms with Crippen molar-refractivity contribution in [3.8, 4) is 0 Å². The van der Waals surface area contributed by atoms with Crippen LogP contribution in [0.25, 0.3) is 0 Å². The average Bonchev–Trinajstić information content (AvgIpc) is 2.97. The van der Waals surface area contributed by atoms with Crippen LogP contribution in [0.3, 0.4) is 0 Å². The average molecular weight is 237 g/mol. The van der Waals surface area contributed by atoms with Crippen molar-refractivity contribution in [1.29, 1.82) is 0 Å². The quantitative estimate of drug-likeness (QED) is 0.724. The Bertz CT molecular complexity index is 303. The van der Waals surface area contributed by atoms with Gasteiger partial charge in [-0.2, -0.15) is 0 Å². The van der Waals surface area contributed by atoms with Crippen molar-refractivity contribution in [2.24, 2.45) is 5.92 Å². The van der Waals surface area contributed by atoms with Gasteiger partial charge in [0, 0.05) is 31.2 Å². The number of carbonyl (C=O) groups excluding carboxylic acids is 1. The number of nitrogens with zero attached hydrogens (tertiary/aromatic N) is 1. The van der Waals surface area contributed by atoms with Gasteiger partial charge in [0.1, 0.15) is 0 Å². The van der Waals surface area contributed by atoms with Crippen molar-refractivity contribution in [2.45, 2.75) is 50.2 Å². The molecule has 0 spiro atoms. The van der Waals surface area contributed by atoms with Crippen LogP contribution in [0, 0.1) is 5.92 Å². The zero-order valence-electron chi connectivity index (χ0n) is 10.6. The van der Waals surface area contributed by atoms with Crippen LogP contribution in [0.4, 0.5) is 0 Å². The summed E-state index contributed by atoms with van der Waals surface area (Å²) in [6, 6.07) is 1.86. The molecule has 3 unspecified atom stereocenters. The molecule has 3 fully saturated rings. The van der Waals surface area contributed by atoms with Crippen LogP contribution in [0.5, 0.6) is 0 Å². The Labute approximate surface area is 103 Å². The molecular formula is C13H23N3O. The highest BCUT2D eigenvalue weighted by Crippen LogP contribution is 2.33. The molecule has 17 heavy (non-hydrogen) atoms. The molecule has 2 heterocycles. The van der Waals surface area contributed by atoms with Crippen LogP contribution in [0.2, 0.25) is 0 Å². The number of carbonyl (C=O) groups is 1. The lowest BCUT2D eigenvalue weighted by atomic mass is 9.88. The molecule has 4 heteroatoms. The minimum Gasteiger partial charge on any atom is -0.355 e. The number of rotatable bonds is 5. The van der Waals surface area contributed by atoms with Gasteiger partial charge < -0.3 is 15.5 Å². The summed E-state index contributed by atoms with van der Waals surface area (Å²) in [4.78, 5) is 14.4. The van der Waals surface area contributed by atoms with Crippen molar-refractivity contribution in [2.75, 3.05) is 20.1 Å². The van der Waals surface area contributed by atoms with E-state index in [-0.39, 0.29) is 11.8 Å². The van der Waals surface area contributed by atoms with Crippen molar-refractivity contribution >= 4 is 5.91 Å². The molecule has 1 amide bonds. The summed E-state index contributed by atoms with van der Waals surface area (Å²) in [5.41, 5.74) is 0. The fraction of sp³-hybridized carbons (Fsp3) is 0.923. The summed E-state index contributed by atoms with van der Waals surface area (Å²) in [7, 11) is 2.16. The molecule has 4 nitrogen and oxygen atoms in total. The van der Waals surface area contributed by atoms with E-state index in [2.05, 4.69) is 22.6 Å². The van der Waals surface area contributed by atoms with Gasteiger partial charge in [-0.05, 0) is 39.2 Å². The number of amides is 1. The SMILES string of the molecule is CN(CCNC(=O)C1CC2CCC1N2)C1CC1. The first-order valence-electron chi connectivity index (χ1n) is 6.98. The first-order chi connectivity index (χ1) is 8.24. The van der Waals surface area contributed by atoms with E-state index in [4.69, 9.17) is 0 Å². The second-order valence-corrected chi connectivity index (χ2v) is 5.89. The van der Waals surface area contributed by atoms with Crippen LogP contribution in [0.15, 0.2) is 0 Å². The Morgan fingerprint density at radius 3 is 2.76 bits per heavy atom. The molecule has 0 aromatic carbocycles. The highest BCUT2D eigenvalue weighted by molar-refractivity contribution is 5.80. The van der Waals surface area contributed by atoms with E-state index in [9.17, 15) is 4.79 Å². The number of fused-ring (bicyclic) bond motifs is 2. The third-order valence-corrected chi connectivity index (χ3v) is 4.57. The molecule has 2 aliphatic heterocycles. The van der Waals surface area contributed by atoms with Gasteiger partial charge >= 0.3 is 0 Å². The van der Waals surface area contributed by atoms with Gasteiger partial charge in [-0.15, -0.1) is 0 Å². The molecule has 2 saturated heterocycles. The van der Waals surface area contributed by atoms with Gasteiger partial charge in [0.2, 0.25) is 5.91 Å². The van der Waals surface area contributed by atoms with E-state index >= 15 is 0 Å². The summed E-state index contributed by atoms with van der Waals surface area (Å²) in [5.74, 6) is 0.508. The summed E-state index contributed by atoms with van der Waals surface area (Å²) < 4.78 is 0. The van der Waals surface area contributed by atoms with Gasteiger partial charge in [-0.3, -0.25) is 4.79 Å². The third-order valence-electron chi connectivity index (χ3n) is 4.57. The van der Waals surface area contributed by atoms with Crippen LogP contribution < -0.4 is 10.6 Å². The lowest BCUT2D eigenvalue weighted by Gasteiger charge is -2.21. The summed E-state index contributed by atoms with van der Waals surface area (Å²) in [6.07, 6.45) is 6.17. The molecule has 0 aromatic rings. The molecule has 1 saturated carbocycles. The van der Waals surface area contributed by atoms with Gasteiger partial charge in [-0.25, -0.2) is 0 Å². The van der Waals surface area contributed by atoms with E-state index in [1.165, 1.54) is 25.7 Å². The maximum absolute atomic E-state index is 12.0. The fourth-order valence-corrected chi connectivity index (χ4v) is 3.30. The van der Waals surface area contributed by atoms with Crippen LogP contribution in [-0.4, -0.2) is 49.1 Å². The smallest absolute Gasteiger partial charge is 0.224 e. The van der Waals surface area contributed by atoms with E-state index in [0.717, 1.165) is 25.6 Å². The van der Waals surface area contributed by atoms with Gasteiger partial charge in [0.15, 0.2) is 0 Å². The zero-order valence-corrected chi connectivity index (χ0v) is 10.6. The lowest BCUT2D eigenvalue weighted by Crippen LogP contribution is -2.40. The van der Waals surface area contributed by atoms with Crippen LogP contribution >= 0.6 is 0 Å². The molecule has 3 rings (SSSR count). The van der Waals surface area contributed by atoms with E-state index in [1.807, 2.05) is 0 Å². The van der Waals surface area contributed by atoms with Gasteiger partial charge in [-0.1, -0.05) is 0 Å². The monoisotopic (exact) mass is 237 g/mol. The normalized spacial score (nSPS) is 35.5.